The summed E-state index contributed by atoms with van der Waals surface area (Å²) in [6.45, 7) is 0. The lowest BCUT2D eigenvalue weighted by Gasteiger charge is -2.12. The van der Waals surface area contributed by atoms with Crippen LogP contribution in [0.1, 0.15) is 42.4 Å². The van der Waals surface area contributed by atoms with Crippen molar-refractivity contribution in [3.63, 3.8) is 0 Å². The third-order valence-electron chi connectivity index (χ3n) is 5.41. The number of hydrogen-bond donors (Lipinski definition) is 0. The molecule has 2 nitrogen and oxygen atoms in total. The molecule has 0 aliphatic rings. The van der Waals surface area contributed by atoms with Gasteiger partial charge in [-0.15, -0.1) is 0 Å². The average Bonchev–Trinajstić information content (AvgIpc) is 2.80. The Morgan fingerprint density at radius 2 is 1.27 bits per heavy atom. The topological polar surface area (TPSA) is 18.5 Å². The minimum absolute atomic E-state index is 0.818. The van der Waals surface area contributed by atoms with Crippen LogP contribution >= 0.6 is 0 Å². The Balaban J connectivity index is 1.69. The predicted molar refractivity (Wildman–Crippen MR) is 126 cm³/mol. The van der Waals surface area contributed by atoms with Gasteiger partial charge in [0.2, 0.25) is 0 Å². The first-order chi connectivity index (χ1) is 14.8. The summed E-state index contributed by atoms with van der Waals surface area (Å²) in [5.74, 6) is 1.68. The van der Waals surface area contributed by atoms with E-state index in [9.17, 15) is 0 Å². The zero-order valence-corrected chi connectivity index (χ0v) is 18.1. The van der Waals surface area contributed by atoms with E-state index in [4.69, 9.17) is 9.47 Å². The fourth-order valence-corrected chi connectivity index (χ4v) is 3.76. The van der Waals surface area contributed by atoms with Gasteiger partial charge in [0.25, 0.3) is 0 Å². The summed E-state index contributed by atoms with van der Waals surface area (Å²) in [6.07, 6.45) is 9.03. The Labute approximate surface area is 181 Å². The SMILES string of the molecule is COc1ccc(C=C(CCCc2ccccc2)CCCc2ccccc2)c(OC)c1. The molecule has 3 aromatic rings. The molecule has 0 N–H and O–H groups in total. The van der Waals surface area contributed by atoms with E-state index in [1.165, 1.54) is 16.7 Å². The highest BCUT2D eigenvalue weighted by molar-refractivity contribution is 5.61. The van der Waals surface area contributed by atoms with Gasteiger partial charge in [-0.2, -0.15) is 0 Å². The predicted octanol–water partition coefficient (Wildman–Crippen LogP) is 7.13. The van der Waals surface area contributed by atoms with Crippen LogP contribution < -0.4 is 9.47 Å². The number of benzene rings is 3. The van der Waals surface area contributed by atoms with Gasteiger partial charge in [-0.05, 0) is 61.8 Å². The van der Waals surface area contributed by atoms with Crippen LogP contribution in [0.25, 0.3) is 6.08 Å². The van der Waals surface area contributed by atoms with Gasteiger partial charge in [0.05, 0.1) is 14.2 Å². The lowest BCUT2D eigenvalue weighted by molar-refractivity contribution is 0.393. The number of allylic oxidation sites excluding steroid dienone is 1. The molecule has 0 aliphatic heterocycles. The molecule has 2 heteroatoms. The molecule has 0 saturated heterocycles. The van der Waals surface area contributed by atoms with Gasteiger partial charge < -0.3 is 9.47 Å². The molecule has 0 fully saturated rings. The summed E-state index contributed by atoms with van der Waals surface area (Å²) in [6, 6.07) is 27.5. The van der Waals surface area contributed by atoms with Gasteiger partial charge in [0.1, 0.15) is 11.5 Å². The minimum atomic E-state index is 0.818. The molecule has 0 unspecified atom stereocenters. The molecule has 0 atom stereocenters. The van der Waals surface area contributed by atoms with E-state index >= 15 is 0 Å². The Morgan fingerprint density at radius 3 is 1.77 bits per heavy atom. The molecule has 0 radical (unpaired) electrons. The summed E-state index contributed by atoms with van der Waals surface area (Å²) in [7, 11) is 3.40. The number of aryl methyl sites for hydroxylation is 2. The molecule has 0 heterocycles. The van der Waals surface area contributed by atoms with E-state index in [2.05, 4.69) is 72.8 Å². The van der Waals surface area contributed by atoms with Crippen LogP contribution in [0, 0.1) is 0 Å². The maximum absolute atomic E-state index is 5.61. The average molecular weight is 401 g/mol. The Morgan fingerprint density at radius 1 is 0.700 bits per heavy atom. The van der Waals surface area contributed by atoms with E-state index in [1.807, 2.05) is 12.1 Å². The number of ether oxygens (including phenoxy) is 2. The second kappa shape index (κ2) is 11.9. The standard InChI is InChI=1S/C28H32O2/c1-29-27-20-19-26(28(22-27)30-2)21-25(17-9-15-23-11-5-3-6-12-23)18-10-16-24-13-7-4-8-14-24/h3-8,11-14,19-22H,9-10,15-18H2,1-2H3. The van der Waals surface area contributed by atoms with Crippen LogP contribution in [0.2, 0.25) is 0 Å². The van der Waals surface area contributed by atoms with Crippen molar-refractivity contribution in [1.29, 1.82) is 0 Å². The van der Waals surface area contributed by atoms with Gasteiger partial charge >= 0.3 is 0 Å². The molecule has 0 spiro atoms. The van der Waals surface area contributed by atoms with Gasteiger partial charge in [0, 0.05) is 11.6 Å². The van der Waals surface area contributed by atoms with E-state index in [0.717, 1.165) is 55.6 Å². The maximum Gasteiger partial charge on any atom is 0.129 e. The van der Waals surface area contributed by atoms with E-state index in [-0.39, 0.29) is 0 Å². The van der Waals surface area contributed by atoms with Crippen molar-refractivity contribution in [2.75, 3.05) is 14.2 Å². The third kappa shape index (κ3) is 6.81. The molecule has 0 saturated carbocycles. The van der Waals surface area contributed by atoms with Crippen molar-refractivity contribution in [3.05, 3.63) is 101 Å². The van der Waals surface area contributed by atoms with Crippen LogP contribution in [0.5, 0.6) is 11.5 Å². The second-order valence-corrected chi connectivity index (χ2v) is 7.59. The van der Waals surface area contributed by atoms with Crippen LogP contribution in [0.15, 0.2) is 84.4 Å². The highest BCUT2D eigenvalue weighted by Gasteiger charge is 2.06. The van der Waals surface area contributed by atoms with Crippen molar-refractivity contribution in [2.45, 2.75) is 38.5 Å². The molecular formula is C28H32O2. The largest absolute Gasteiger partial charge is 0.497 e. The number of methoxy groups -OCH3 is 2. The molecule has 3 aromatic carbocycles. The first-order valence-corrected chi connectivity index (χ1v) is 10.8. The fourth-order valence-electron chi connectivity index (χ4n) is 3.76. The van der Waals surface area contributed by atoms with E-state index < -0.39 is 0 Å². The van der Waals surface area contributed by atoms with Crippen molar-refractivity contribution in [3.8, 4) is 11.5 Å². The molecule has 0 aliphatic carbocycles. The van der Waals surface area contributed by atoms with E-state index in [1.54, 1.807) is 14.2 Å². The monoisotopic (exact) mass is 400 g/mol. The Bertz CT molecular complexity index is 866. The van der Waals surface area contributed by atoms with Gasteiger partial charge in [-0.1, -0.05) is 72.3 Å². The first-order valence-electron chi connectivity index (χ1n) is 10.8. The first kappa shape index (κ1) is 21.7. The summed E-state index contributed by atoms with van der Waals surface area (Å²) in [5, 5.41) is 0. The molecule has 3 rings (SSSR count). The van der Waals surface area contributed by atoms with Crippen LogP contribution in [-0.2, 0) is 12.8 Å². The van der Waals surface area contributed by atoms with Crippen LogP contribution in [-0.4, -0.2) is 14.2 Å². The third-order valence-corrected chi connectivity index (χ3v) is 5.41. The molecule has 156 valence electrons. The van der Waals surface area contributed by atoms with Gasteiger partial charge in [-0.25, -0.2) is 0 Å². The maximum atomic E-state index is 5.61. The molecule has 0 aromatic heterocycles. The van der Waals surface area contributed by atoms with Crippen molar-refractivity contribution in [1.82, 2.24) is 0 Å². The molecule has 30 heavy (non-hydrogen) atoms. The van der Waals surface area contributed by atoms with Crippen molar-refractivity contribution < 1.29 is 9.47 Å². The van der Waals surface area contributed by atoms with E-state index in [0.29, 0.717) is 0 Å². The van der Waals surface area contributed by atoms with Gasteiger partial charge in [0.15, 0.2) is 0 Å². The van der Waals surface area contributed by atoms with Crippen molar-refractivity contribution >= 4 is 6.08 Å². The van der Waals surface area contributed by atoms with Crippen molar-refractivity contribution in [2.24, 2.45) is 0 Å². The number of hydrogen-bond acceptors (Lipinski definition) is 2. The smallest absolute Gasteiger partial charge is 0.129 e. The lowest BCUT2D eigenvalue weighted by Crippen LogP contribution is -1.94. The lowest BCUT2D eigenvalue weighted by atomic mass is 9.96. The van der Waals surface area contributed by atoms with Crippen LogP contribution in [0.4, 0.5) is 0 Å². The highest BCUT2D eigenvalue weighted by atomic mass is 16.5. The minimum Gasteiger partial charge on any atom is -0.497 e. The summed E-state index contributed by atoms with van der Waals surface area (Å²) in [4.78, 5) is 0. The molecule has 0 bridgehead atoms. The highest BCUT2D eigenvalue weighted by Crippen LogP contribution is 2.29. The van der Waals surface area contributed by atoms with Gasteiger partial charge in [-0.3, -0.25) is 0 Å². The zero-order valence-electron chi connectivity index (χ0n) is 18.1. The Hall–Kier alpha value is -3.00. The fraction of sp³-hybridized carbons (Fsp3) is 0.286. The Kier molecular flexibility index (Phi) is 8.59. The molecule has 0 amide bonds. The number of rotatable bonds is 11. The van der Waals surface area contributed by atoms with Crippen LogP contribution in [0.3, 0.4) is 0 Å². The normalized spacial score (nSPS) is 10.5. The summed E-state index contributed by atoms with van der Waals surface area (Å²) >= 11 is 0. The quantitative estimate of drug-likeness (QED) is 0.341. The summed E-state index contributed by atoms with van der Waals surface area (Å²) in [5.41, 5.74) is 5.41. The summed E-state index contributed by atoms with van der Waals surface area (Å²) < 4.78 is 11.0. The molecular weight excluding hydrogens is 368 g/mol. The zero-order chi connectivity index (χ0) is 21.0. The second-order valence-electron chi connectivity index (χ2n) is 7.59.